The van der Waals surface area contributed by atoms with Gasteiger partial charge in [-0.2, -0.15) is 0 Å². The van der Waals surface area contributed by atoms with Gasteiger partial charge in [-0.05, 0) is 48.1 Å². The molecule has 0 saturated carbocycles. The van der Waals surface area contributed by atoms with Gasteiger partial charge in [0.15, 0.2) is 0 Å². The summed E-state index contributed by atoms with van der Waals surface area (Å²) in [6, 6.07) is 28.3. The van der Waals surface area contributed by atoms with E-state index in [0.29, 0.717) is 16.1 Å². The molecule has 0 aliphatic heterocycles. The number of nitrogens with one attached hydrogen (secondary N) is 1. The Bertz CT molecular complexity index is 1640. The van der Waals surface area contributed by atoms with Crippen LogP contribution in [0.2, 0.25) is 5.02 Å². The Morgan fingerprint density at radius 2 is 1.52 bits per heavy atom. The number of hydrogen-bond donors (Lipinski definition) is 1. The number of anilines is 1. The number of amides is 2. The van der Waals surface area contributed by atoms with Gasteiger partial charge in [-0.1, -0.05) is 97.4 Å². The third-order valence-electron chi connectivity index (χ3n) is 7.23. The van der Waals surface area contributed by atoms with Crippen LogP contribution in [0, 0.1) is 0 Å². The highest BCUT2D eigenvalue weighted by atomic mass is 35.5. The van der Waals surface area contributed by atoms with Gasteiger partial charge in [-0.3, -0.25) is 13.9 Å². The zero-order valence-electron chi connectivity index (χ0n) is 24.0. The molecule has 0 aliphatic carbocycles. The Morgan fingerprint density at radius 3 is 2.21 bits per heavy atom. The molecule has 0 aliphatic rings. The lowest BCUT2D eigenvalue weighted by atomic mass is 10.0. The first-order valence-corrected chi connectivity index (χ1v) is 16.1. The number of sulfonamides is 1. The van der Waals surface area contributed by atoms with Crippen molar-refractivity contribution in [1.29, 1.82) is 0 Å². The highest BCUT2D eigenvalue weighted by molar-refractivity contribution is 7.92. The summed E-state index contributed by atoms with van der Waals surface area (Å²) in [5.74, 6) is -0.812. The van der Waals surface area contributed by atoms with Gasteiger partial charge in [-0.25, -0.2) is 8.42 Å². The molecule has 4 aromatic rings. The quantitative estimate of drug-likeness (QED) is 0.221. The van der Waals surface area contributed by atoms with E-state index < -0.39 is 28.5 Å². The van der Waals surface area contributed by atoms with E-state index in [1.807, 2.05) is 80.6 Å². The second kappa shape index (κ2) is 13.9. The summed E-state index contributed by atoms with van der Waals surface area (Å²) >= 11 is 6.28. The summed E-state index contributed by atoms with van der Waals surface area (Å²) in [5, 5.41) is 5.08. The van der Waals surface area contributed by atoms with Crippen LogP contribution in [-0.2, 0) is 32.6 Å². The third-order valence-corrected chi connectivity index (χ3v) is 8.59. The lowest BCUT2D eigenvalue weighted by Gasteiger charge is -2.34. The highest BCUT2D eigenvalue weighted by Gasteiger charge is 2.33. The van der Waals surface area contributed by atoms with Gasteiger partial charge < -0.3 is 10.2 Å². The monoisotopic (exact) mass is 605 g/mol. The Kier molecular flexibility index (Phi) is 10.2. The molecule has 1 N–H and O–H groups in total. The van der Waals surface area contributed by atoms with Crippen LogP contribution in [0.15, 0.2) is 97.1 Å². The Labute approximate surface area is 253 Å². The van der Waals surface area contributed by atoms with Crippen LogP contribution < -0.4 is 9.62 Å². The number of hydrogen-bond acceptors (Lipinski definition) is 4. The van der Waals surface area contributed by atoms with E-state index in [0.717, 1.165) is 33.5 Å². The summed E-state index contributed by atoms with van der Waals surface area (Å²) in [6.45, 7) is 3.47. The molecule has 9 heteroatoms. The van der Waals surface area contributed by atoms with E-state index in [2.05, 4.69) is 5.32 Å². The minimum Gasteiger partial charge on any atom is -0.352 e. The number of rotatable bonds is 12. The molecule has 4 rings (SSSR count). The molecule has 0 bridgehead atoms. The zero-order chi connectivity index (χ0) is 30.3. The summed E-state index contributed by atoms with van der Waals surface area (Å²) in [5.41, 5.74) is 2.00. The maximum absolute atomic E-state index is 14.3. The number of benzene rings is 4. The molecule has 0 fully saturated rings. The number of fused-ring (bicyclic) bond motifs is 1. The summed E-state index contributed by atoms with van der Waals surface area (Å²) in [7, 11) is -3.88. The number of nitrogens with zero attached hydrogens (tertiary/aromatic N) is 2. The molecule has 7 nitrogen and oxygen atoms in total. The highest BCUT2D eigenvalue weighted by Crippen LogP contribution is 2.29. The predicted octanol–water partition coefficient (Wildman–Crippen LogP) is 5.81. The van der Waals surface area contributed by atoms with Crippen molar-refractivity contribution in [3.05, 3.63) is 113 Å². The molecule has 0 heterocycles. The molecule has 2 amide bonds. The molecule has 4 aromatic carbocycles. The molecule has 0 saturated heterocycles. The van der Waals surface area contributed by atoms with Crippen molar-refractivity contribution in [2.24, 2.45) is 0 Å². The SMILES string of the molecule is CC[C@@H](C)NC(=O)[C@H](Cc1ccccc1)N(Cc1cccc(Cl)c1)C(=O)CN(c1cccc2ccccc12)S(C)(=O)=O. The summed E-state index contributed by atoms with van der Waals surface area (Å²) < 4.78 is 27.5. The van der Waals surface area contributed by atoms with Crippen LogP contribution in [0.25, 0.3) is 10.8 Å². The van der Waals surface area contributed by atoms with E-state index >= 15 is 0 Å². The smallest absolute Gasteiger partial charge is 0.244 e. The van der Waals surface area contributed by atoms with Gasteiger partial charge in [0.25, 0.3) is 0 Å². The summed E-state index contributed by atoms with van der Waals surface area (Å²) in [4.78, 5) is 29.6. The molecule has 0 aromatic heterocycles. The summed E-state index contributed by atoms with van der Waals surface area (Å²) in [6.07, 6.45) is 2.05. The van der Waals surface area contributed by atoms with Crippen LogP contribution in [-0.4, -0.2) is 50.0 Å². The molecular formula is C33H36ClN3O4S. The number of carbonyl (C=O) groups is 2. The second-order valence-corrected chi connectivity index (χ2v) is 12.8. The maximum Gasteiger partial charge on any atom is 0.244 e. The van der Waals surface area contributed by atoms with Crippen molar-refractivity contribution in [3.8, 4) is 0 Å². The Balaban J connectivity index is 1.79. The van der Waals surface area contributed by atoms with Crippen molar-refractivity contribution in [2.75, 3.05) is 17.1 Å². The second-order valence-electron chi connectivity index (χ2n) is 10.4. The van der Waals surface area contributed by atoms with Gasteiger partial charge in [0.05, 0.1) is 11.9 Å². The molecule has 0 radical (unpaired) electrons. The first kappa shape index (κ1) is 31.1. The Morgan fingerprint density at radius 1 is 0.881 bits per heavy atom. The van der Waals surface area contributed by atoms with Crippen molar-refractivity contribution in [3.63, 3.8) is 0 Å². The van der Waals surface area contributed by atoms with Gasteiger partial charge in [-0.15, -0.1) is 0 Å². The Hall–Kier alpha value is -3.88. The average molecular weight is 606 g/mol. The van der Waals surface area contributed by atoms with Crippen LogP contribution >= 0.6 is 11.6 Å². The maximum atomic E-state index is 14.3. The van der Waals surface area contributed by atoms with E-state index in [1.54, 1.807) is 30.3 Å². The average Bonchev–Trinajstić information content (AvgIpc) is 2.97. The van der Waals surface area contributed by atoms with Gasteiger partial charge in [0, 0.05) is 29.4 Å². The fourth-order valence-electron chi connectivity index (χ4n) is 4.85. The zero-order valence-corrected chi connectivity index (χ0v) is 25.6. The molecule has 42 heavy (non-hydrogen) atoms. The molecule has 0 unspecified atom stereocenters. The minimum atomic E-state index is -3.88. The van der Waals surface area contributed by atoms with Gasteiger partial charge >= 0.3 is 0 Å². The lowest BCUT2D eigenvalue weighted by Crippen LogP contribution is -2.54. The van der Waals surface area contributed by atoms with Crippen molar-refractivity contribution < 1.29 is 18.0 Å². The normalized spacial score (nSPS) is 12.9. The third kappa shape index (κ3) is 7.89. The van der Waals surface area contributed by atoms with Crippen LogP contribution in [0.4, 0.5) is 5.69 Å². The lowest BCUT2D eigenvalue weighted by molar-refractivity contribution is -0.140. The fourth-order valence-corrected chi connectivity index (χ4v) is 5.92. The van der Waals surface area contributed by atoms with Crippen molar-refractivity contribution >= 4 is 49.9 Å². The number of carbonyl (C=O) groups excluding carboxylic acids is 2. The standard InChI is InChI=1S/C33H36ClN3O4S/c1-4-24(2)35-33(39)31(21-25-12-6-5-7-13-25)36(22-26-14-10-17-28(34)20-26)32(38)23-37(42(3,40)41)30-19-11-16-27-15-8-9-18-29(27)30/h5-20,24,31H,4,21-23H2,1-3H3,(H,35,39)/t24-,31+/m1/s1. The van der Waals surface area contributed by atoms with E-state index in [4.69, 9.17) is 11.6 Å². The fraction of sp³-hybridized carbons (Fsp3) is 0.273. The van der Waals surface area contributed by atoms with E-state index in [1.165, 1.54) is 4.90 Å². The molecule has 2 atom stereocenters. The predicted molar refractivity (Wildman–Crippen MR) is 170 cm³/mol. The van der Waals surface area contributed by atoms with Crippen molar-refractivity contribution in [1.82, 2.24) is 10.2 Å². The van der Waals surface area contributed by atoms with E-state index in [-0.39, 0.29) is 24.9 Å². The largest absolute Gasteiger partial charge is 0.352 e. The van der Waals surface area contributed by atoms with Crippen molar-refractivity contribution in [2.45, 2.75) is 45.3 Å². The molecular weight excluding hydrogens is 570 g/mol. The van der Waals surface area contributed by atoms with Gasteiger partial charge in [0.2, 0.25) is 21.8 Å². The minimum absolute atomic E-state index is 0.0674. The van der Waals surface area contributed by atoms with Crippen LogP contribution in [0.3, 0.4) is 0 Å². The molecule has 220 valence electrons. The first-order chi connectivity index (χ1) is 20.1. The van der Waals surface area contributed by atoms with E-state index in [9.17, 15) is 18.0 Å². The topological polar surface area (TPSA) is 86.8 Å². The number of halogens is 1. The van der Waals surface area contributed by atoms with Crippen LogP contribution in [0.1, 0.15) is 31.4 Å². The van der Waals surface area contributed by atoms with Crippen LogP contribution in [0.5, 0.6) is 0 Å². The first-order valence-electron chi connectivity index (χ1n) is 13.9. The van der Waals surface area contributed by atoms with Gasteiger partial charge in [0.1, 0.15) is 12.6 Å². The molecule has 0 spiro atoms.